The number of ether oxygens (including phenoxy) is 7. The Hall–Kier alpha value is -11.1. The molecule has 0 aromatic heterocycles. The molecule has 147 heavy (non-hydrogen) atoms. The molecule has 0 saturated carbocycles. The van der Waals surface area contributed by atoms with Gasteiger partial charge in [0, 0.05) is 36.7 Å². The predicted molar refractivity (Wildman–Crippen MR) is 610 cm³/mol. The largest absolute Gasteiger partial charge is 1.00 e. The maximum atomic E-state index is 11.4. The normalized spacial score (nSPS) is 10.6. The van der Waals surface area contributed by atoms with Crippen molar-refractivity contribution in [3.05, 3.63) is 572 Å². The van der Waals surface area contributed by atoms with Crippen molar-refractivity contribution in [3.8, 4) is 28.7 Å². The zero-order valence-electron chi connectivity index (χ0n) is 84.2. The smallest absolute Gasteiger partial charge is 1.00 e. The minimum absolute atomic E-state index is 0. The fraction of sp³-hybridized carbons (Fsp3) is 0.156. The van der Waals surface area contributed by atoms with Gasteiger partial charge in [0.05, 0.1) is 60.9 Å². The average Bonchev–Trinajstić information content (AvgIpc) is 0.842. The molecule has 0 heterocycles. The van der Waals surface area contributed by atoms with Gasteiger partial charge >= 0.3 is 43.1 Å². The van der Waals surface area contributed by atoms with E-state index >= 15 is 0 Å². The van der Waals surface area contributed by atoms with Gasteiger partial charge in [-0.05, 0) is 216 Å². The summed E-state index contributed by atoms with van der Waals surface area (Å²) in [6.07, 6.45) is 0. The summed E-state index contributed by atoms with van der Waals surface area (Å²) in [6.45, 7) is 11.0. The molecule has 0 amide bonds. The molecule has 17 aromatic rings. The standard InChI is InChI=1S/2C27H23BrO2.C19H15Cl.C19H16O.C8H8BrClO.C8H7BrO3.C8H9BrO2.C6H15N.BF3.B.Na.H/c2*1-29-25-17-18-26(28)21(19-25)20-30-27(22-11-5-2-6-12-22,23-13-7-3-8-14-23)24-15-9-4-10-16-24;2*20-19(16-10-4-1-5-11-16,17-12-6-2-7-13-17)18-14-8-3-9-15-18;1-11-7-2-3-8(9)6(4-7)5-10;1-12-5-2-3-7(9)6(4-5)8(10)11;1-11-7-2-3-8(9)6(4-7)5-10;1-4-7(5-2)6-3;2-1(3)4;;;/h2*2-19H,20H2,1H3;1-15H;1-15,20H;2-4H,5H2,1H3;2-4H,1H3,(H,10,11);2-4,10H,5H2,1H3;4-6H2,1-3H3;;;;/q;;;;;;;;;;+1;-1. The molecule has 17 aromatic carbocycles. The van der Waals surface area contributed by atoms with Gasteiger partial charge in [0.25, 0.3) is 0 Å². The Labute approximate surface area is 941 Å². The summed E-state index contributed by atoms with van der Waals surface area (Å²) in [6, 6.07) is 150. The van der Waals surface area contributed by atoms with Crippen molar-refractivity contribution in [2.24, 2.45) is 0 Å². The molecular weight excluding hydrogens is 2230 g/mol. The topological polar surface area (TPSA) is 146 Å². The van der Waals surface area contributed by atoms with Crippen LogP contribution in [0, 0.1) is 0 Å². The van der Waals surface area contributed by atoms with Crippen LogP contribution < -0.4 is 53.2 Å². The van der Waals surface area contributed by atoms with Crippen LogP contribution >= 0.6 is 103 Å². The summed E-state index contributed by atoms with van der Waals surface area (Å²) in [5.41, 5.74) is 13.9. The summed E-state index contributed by atoms with van der Waals surface area (Å²) in [7, 11) is 4.42. The van der Waals surface area contributed by atoms with E-state index in [9.17, 15) is 22.8 Å². The van der Waals surface area contributed by atoms with Gasteiger partial charge in [-0.25, -0.2) is 4.79 Å². The molecule has 3 N–H and O–H groups in total. The maximum Gasteiger partial charge on any atom is 1.00 e. The van der Waals surface area contributed by atoms with Crippen LogP contribution in [0.3, 0.4) is 0 Å². The Morgan fingerprint density at radius 1 is 0.320 bits per heavy atom. The van der Waals surface area contributed by atoms with Crippen molar-refractivity contribution in [2.75, 3.05) is 55.2 Å². The quantitative estimate of drug-likeness (QED) is 0.0233. The number of aliphatic hydroxyl groups excluding tert-OH is 1. The Bertz CT molecular complexity index is 5850. The molecule has 0 aliphatic heterocycles. The van der Waals surface area contributed by atoms with Gasteiger partial charge in [-0.2, -0.15) is 0 Å². The van der Waals surface area contributed by atoms with Crippen molar-refractivity contribution < 1.29 is 97.2 Å². The molecule has 12 nitrogen and oxygen atoms in total. The first-order chi connectivity index (χ1) is 70.4. The van der Waals surface area contributed by atoms with E-state index in [0.29, 0.717) is 29.3 Å². The summed E-state index contributed by atoms with van der Waals surface area (Å²) in [5, 5.41) is 29.0. The number of benzene rings is 17. The van der Waals surface area contributed by atoms with E-state index in [0.717, 1.165) is 130 Å². The molecule has 3 radical (unpaired) electrons. The Balaban J connectivity index is 0.000000266. The number of carbonyl (C=O) groups is 1. The minimum atomic E-state index is -3.67. The zero-order valence-corrected chi connectivity index (χ0v) is 94.7. The van der Waals surface area contributed by atoms with Gasteiger partial charge < -0.3 is 54.8 Å². The number of carboxylic acids is 1. The van der Waals surface area contributed by atoms with E-state index in [1.54, 1.807) is 46.6 Å². The van der Waals surface area contributed by atoms with Crippen LogP contribution in [0.1, 0.15) is 122 Å². The Morgan fingerprint density at radius 2 is 0.510 bits per heavy atom. The minimum Gasteiger partial charge on any atom is -1.00 e. The van der Waals surface area contributed by atoms with E-state index in [4.69, 9.17) is 66.6 Å². The molecule has 0 saturated heterocycles. The number of carboxylic acid groups (broad SMARTS) is 1. The van der Waals surface area contributed by atoms with Crippen LogP contribution in [0.4, 0.5) is 12.9 Å². The molecule has 0 fully saturated rings. The summed E-state index contributed by atoms with van der Waals surface area (Å²) >= 11 is 29.9. The first-order valence-electron chi connectivity index (χ1n) is 46.4. The second-order valence-electron chi connectivity index (χ2n) is 31.8. The second-order valence-corrected chi connectivity index (χ2v) is 36.9. The average molecular weight is 2350 g/mol. The fourth-order valence-corrected chi connectivity index (χ4v) is 18.2. The van der Waals surface area contributed by atoms with Gasteiger partial charge in [0.1, 0.15) is 50.4 Å². The fourth-order valence-electron chi connectivity index (χ4n) is 15.6. The number of rotatable bonds is 29. The zero-order chi connectivity index (χ0) is 104. The summed E-state index contributed by atoms with van der Waals surface area (Å²) in [5.74, 6) is 3.28. The van der Waals surface area contributed by atoms with Crippen molar-refractivity contribution in [1.82, 2.24) is 4.90 Å². The van der Waals surface area contributed by atoms with Gasteiger partial charge in [-0.3, -0.25) is 12.9 Å². The van der Waals surface area contributed by atoms with Gasteiger partial charge in [-0.15, -0.1) is 23.2 Å². The van der Waals surface area contributed by atoms with Crippen molar-refractivity contribution in [3.63, 3.8) is 0 Å². The predicted octanol–water partition coefficient (Wildman–Crippen LogP) is 29.4. The third-order valence-corrected chi connectivity index (χ3v) is 27.9. The molecule has 0 atom stereocenters. The summed E-state index contributed by atoms with van der Waals surface area (Å²) < 4.78 is 72.9. The van der Waals surface area contributed by atoms with E-state index in [2.05, 4.69) is 287 Å². The number of alkyl halides is 2. The first kappa shape index (κ1) is 123. The number of aromatic carboxylic acids is 1. The Morgan fingerprint density at radius 3 is 0.714 bits per heavy atom. The Kier molecular flexibility index (Phi) is 54.9. The van der Waals surface area contributed by atoms with Crippen molar-refractivity contribution >= 4 is 125 Å². The van der Waals surface area contributed by atoms with Crippen LogP contribution in [-0.4, -0.2) is 97.3 Å². The molecule has 753 valence electrons. The SMILES string of the molecule is CCN(CC)CC.COc1ccc(Br)c(C(=O)O)c1.COc1ccc(Br)c(CCl)c1.COc1ccc(Br)c(CO)c1.COc1ccc(Br)c(COC(c2ccccc2)(c2ccccc2)c2ccccc2)c1.COc1ccc(Br)c(COC(c2ccccc2)(c2ccccc2)c2ccccc2)c1.ClC(c1ccccc1)(c1ccccc1)c1ccccc1.FB(F)F.OC(c1ccccc1)(c1ccccc1)c1ccccc1.[B].[H-].[Na+]. The number of hydrogen-bond donors (Lipinski definition) is 3. The maximum absolute atomic E-state index is 11.4. The monoisotopic (exact) mass is 2340 g/mol. The number of aliphatic hydroxyl groups is 2. The number of hydrogen-bond acceptors (Lipinski definition) is 11. The van der Waals surface area contributed by atoms with E-state index < -0.39 is 35.2 Å². The third kappa shape index (κ3) is 35.8. The van der Waals surface area contributed by atoms with E-state index in [-0.39, 0.29) is 51.6 Å². The van der Waals surface area contributed by atoms with Crippen LogP contribution in [0.2, 0.25) is 0 Å². The second kappa shape index (κ2) is 65.7. The molecule has 0 aliphatic carbocycles. The molecule has 0 spiro atoms. The van der Waals surface area contributed by atoms with Crippen molar-refractivity contribution in [1.29, 1.82) is 0 Å². The van der Waals surface area contributed by atoms with Gasteiger partial charge in [-0.1, -0.05) is 448 Å². The molecule has 25 heteroatoms. The molecule has 0 aliphatic rings. The van der Waals surface area contributed by atoms with Crippen LogP contribution in [-0.2, 0) is 56.9 Å². The third-order valence-electron chi connectivity index (χ3n) is 23.1. The van der Waals surface area contributed by atoms with Crippen LogP contribution in [0.5, 0.6) is 28.7 Å². The molecule has 0 bridgehead atoms. The van der Waals surface area contributed by atoms with E-state index in [1.807, 2.05) is 249 Å². The van der Waals surface area contributed by atoms with Crippen LogP contribution in [0.25, 0.3) is 0 Å². The first-order valence-corrected chi connectivity index (χ1v) is 51.3. The molecule has 0 unspecified atom stereocenters. The number of methoxy groups -OCH3 is 5. The van der Waals surface area contributed by atoms with E-state index in [1.165, 1.54) is 32.8 Å². The molecular formula is C122H117B2Br5Cl2F3NNaO11. The summed E-state index contributed by atoms with van der Waals surface area (Å²) in [4.78, 5) is 12.3. The number of nitrogens with zero attached hydrogens (tertiary/aromatic N) is 1. The van der Waals surface area contributed by atoms with Gasteiger partial charge in [0.15, 0.2) is 0 Å². The molecule has 17 rings (SSSR count). The van der Waals surface area contributed by atoms with Gasteiger partial charge in [0.2, 0.25) is 0 Å². The number of halogens is 10. The van der Waals surface area contributed by atoms with Crippen LogP contribution in [0.15, 0.2) is 477 Å². The van der Waals surface area contributed by atoms with Crippen molar-refractivity contribution in [2.45, 2.75) is 68.1 Å².